The summed E-state index contributed by atoms with van der Waals surface area (Å²) in [5, 5.41) is 6.10. The highest BCUT2D eigenvalue weighted by atomic mass is 79.9. The van der Waals surface area contributed by atoms with Crippen LogP contribution in [0.3, 0.4) is 0 Å². The zero-order chi connectivity index (χ0) is 25.8. The summed E-state index contributed by atoms with van der Waals surface area (Å²) in [6.07, 6.45) is -4.64. The van der Waals surface area contributed by atoms with Crippen LogP contribution in [0.2, 0.25) is 5.02 Å². The summed E-state index contributed by atoms with van der Waals surface area (Å²) in [5.74, 6) is -2.14. The van der Waals surface area contributed by atoms with Gasteiger partial charge in [0.25, 0.3) is 11.5 Å². The van der Waals surface area contributed by atoms with Crippen LogP contribution in [0, 0.1) is 0 Å². The molecule has 0 aliphatic rings. The lowest BCUT2D eigenvalue weighted by Gasteiger charge is -2.14. The molecule has 3 rings (SSSR count). The molecule has 1 heterocycles. The summed E-state index contributed by atoms with van der Waals surface area (Å²) >= 11 is 9.16. The van der Waals surface area contributed by atoms with Gasteiger partial charge in [-0.05, 0) is 43.3 Å². The number of esters is 1. The molecule has 0 aliphatic heterocycles. The van der Waals surface area contributed by atoms with Gasteiger partial charge in [0.15, 0.2) is 12.4 Å². The van der Waals surface area contributed by atoms with Crippen LogP contribution in [0.15, 0.2) is 57.8 Å². The van der Waals surface area contributed by atoms with Crippen molar-refractivity contribution in [1.29, 1.82) is 0 Å². The lowest BCUT2D eigenvalue weighted by Crippen LogP contribution is -2.27. The normalized spacial score (nSPS) is 11.1. The molecule has 3 aromatic rings. The van der Waals surface area contributed by atoms with Gasteiger partial charge in [-0.1, -0.05) is 33.6 Å². The van der Waals surface area contributed by atoms with E-state index in [0.717, 1.165) is 22.9 Å². The number of carbonyl (C=O) groups is 2. The zero-order valence-corrected chi connectivity index (χ0v) is 20.2. The summed E-state index contributed by atoms with van der Waals surface area (Å²) in [5.41, 5.74) is -2.01. The number of nitrogens with one attached hydrogen (secondary N) is 1. The third kappa shape index (κ3) is 6.61. The van der Waals surface area contributed by atoms with Crippen LogP contribution in [-0.2, 0) is 15.7 Å². The quantitative estimate of drug-likeness (QED) is 0.405. The first kappa shape index (κ1) is 26.2. The number of aromatic nitrogens is 2. The maximum absolute atomic E-state index is 12.9. The maximum atomic E-state index is 12.9. The van der Waals surface area contributed by atoms with Gasteiger partial charge in [0.1, 0.15) is 0 Å². The molecule has 1 N–H and O–H groups in total. The average Bonchev–Trinajstić information content (AvgIpc) is 2.78. The minimum Gasteiger partial charge on any atom is -0.481 e. The van der Waals surface area contributed by atoms with Gasteiger partial charge in [-0.2, -0.15) is 23.0 Å². The molecule has 35 heavy (non-hydrogen) atoms. The summed E-state index contributed by atoms with van der Waals surface area (Å²) in [4.78, 5) is 37.4. The van der Waals surface area contributed by atoms with Crippen molar-refractivity contribution in [2.45, 2.75) is 13.1 Å². The molecule has 1 aromatic heterocycles. The van der Waals surface area contributed by atoms with Gasteiger partial charge in [0.05, 0.1) is 34.6 Å². The van der Waals surface area contributed by atoms with Crippen molar-refractivity contribution < 1.29 is 32.2 Å². The molecule has 0 atom stereocenters. The van der Waals surface area contributed by atoms with E-state index in [1.165, 1.54) is 0 Å². The highest BCUT2D eigenvalue weighted by Gasteiger charge is 2.31. The molecule has 0 saturated carbocycles. The number of hydrogen-bond donors (Lipinski definition) is 1. The number of rotatable bonds is 7. The number of amides is 1. The molecular formula is C22H16BrClF3N3O5. The second-order valence-corrected chi connectivity index (χ2v) is 8.16. The Labute approximate surface area is 209 Å². The zero-order valence-electron chi connectivity index (χ0n) is 17.9. The molecule has 184 valence electrons. The van der Waals surface area contributed by atoms with Gasteiger partial charge in [-0.3, -0.25) is 9.59 Å². The predicted octanol–water partition coefficient (Wildman–Crippen LogP) is 4.86. The van der Waals surface area contributed by atoms with Crippen LogP contribution in [0.4, 0.5) is 18.9 Å². The molecule has 0 aliphatic carbocycles. The van der Waals surface area contributed by atoms with Gasteiger partial charge in [0, 0.05) is 4.47 Å². The average molecular weight is 575 g/mol. The molecular weight excluding hydrogens is 559 g/mol. The van der Waals surface area contributed by atoms with Crippen molar-refractivity contribution >= 4 is 45.1 Å². The molecule has 1 amide bonds. The van der Waals surface area contributed by atoms with Crippen molar-refractivity contribution in [3.8, 4) is 11.4 Å². The van der Waals surface area contributed by atoms with Crippen LogP contribution in [0.5, 0.6) is 5.75 Å². The highest BCUT2D eigenvalue weighted by molar-refractivity contribution is 9.10. The molecule has 0 bridgehead atoms. The summed E-state index contributed by atoms with van der Waals surface area (Å²) in [6.45, 7) is 0.806. The lowest BCUT2D eigenvalue weighted by molar-refractivity contribution is -0.137. The molecule has 0 saturated heterocycles. The van der Waals surface area contributed by atoms with E-state index in [4.69, 9.17) is 21.1 Å². The number of carbonyl (C=O) groups excluding carboxylic acids is 2. The number of benzene rings is 2. The van der Waals surface area contributed by atoms with Crippen molar-refractivity contribution in [2.24, 2.45) is 0 Å². The maximum Gasteiger partial charge on any atom is 0.416 e. The Bertz CT molecular complexity index is 1330. The Morgan fingerprint density at radius 2 is 1.91 bits per heavy atom. The van der Waals surface area contributed by atoms with Crippen LogP contribution in [0.1, 0.15) is 23.0 Å². The molecule has 0 radical (unpaired) electrons. The fourth-order valence-corrected chi connectivity index (χ4v) is 3.36. The molecule has 0 fully saturated rings. The summed E-state index contributed by atoms with van der Waals surface area (Å²) in [6, 6.07) is 9.95. The van der Waals surface area contributed by atoms with Crippen molar-refractivity contribution in [2.75, 3.05) is 18.5 Å². The van der Waals surface area contributed by atoms with Gasteiger partial charge in [-0.25, -0.2) is 4.79 Å². The number of ether oxygens (including phenoxy) is 2. The molecule has 0 unspecified atom stereocenters. The predicted molar refractivity (Wildman–Crippen MR) is 124 cm³/mol. The van der Waals surface area contributed by atoms with Crippen molar-refractivity contribution in [3.05, 3.63) is 79.6 Å². The summed E-state index contributed by atoms with van der Waals surface area (Å²) < 4.78 is 50.7. The minimum absolute atomic E-state index is 0.00446. The van der Waals surface area contributed by atoms with E-state index in [2.05, 4.69) is 26.3 Å². The lowest BCUT2D eigenvalue weighted by atomic mass is 10.2. The van der Waals surface area contributed by atoms with Crippen molar-refractivity contribution in [1.82, 2.24) is 9.78 Å². The third-order valence-corrected chi connectivity index (χ3v) is 5.17. The number of hydrogen-bond acceptors (Lipinski definition) is 6. The highest BCUT2D eigenvalue weighted by Crippen LogP contribution is 2.33. The van der Waals surface area contributed by atoms with E-state index in [-0.39, 0.29) is 28.8 Å². The number of alkyl halides is 3. The molecule has 8 nitrogen and oxygen atoms in total. The first-order valence-electron chi connectivity index (χ1n) is 9.86. The standard InChI is InChI=1S/C22H16BrClF3N3O5/c1-2-34-21(33)20-17(10-19(32)30(29-20)14-5-3-4-13(23)9-14)35-11-18(31)28-16-8-12(22(25,26)27)6-7-15(16)24/h3-10H,2,11H2,1H3,(H,28,31). The van der Waals surface area contributed by atoms with E-state index in [0.29, 0.717) is 16.2 Å². The SMILES string of the molecule is CCOC(=O)c1nn(-c2cccc(Br)c2)c(=O)cc1OCC(=O)Nc1cc(C(F)(F)F)ccc1Cl. The smallest absolute Gasteiger partial charge is 0.416 e. The van der Waals surface area contributed by atoms with Gasteiger partial charge in [-0.15, -0.1) is 0 Å². The second-order valence-electron chi connectivity index (χ2n) is 6.84. The van der Waals surface area contributed by atoms with Crippen molar-refractivity contribution in [3.63, 3.8) is 0 Å². The Kier molecular flexibility index (Phi) is 8.18. The fraction of sp³-hybridized carbons (Fsp3) is 0.182. The van der Waals surface area contributed by atoms with E-state index in [9.17, 15) is 27.6 Å². The van der Waals surface area contributed by atoms with E-state index in [1.807, 2.05) is 0 Å². The van der Waals surface area contributed by atoms with Gasteiger partial charge in [0.2, 0.25) is 5.69 Å². The van der Waals surface area contributed by atoms with E-state index < -0.39 is 35.8 Å². The second kappa shape index (κ2) is 10.9. The van der Waals surface area contributed by atoms with Crippen LogP contribution >= 0.6 is 27.5 Å². The van der Waals surface area contributed by atoms with E-state index in [1.54, 1.807) is 31.2 Å². The molecule has 2 aromatic carbocycles. The van der Waals surface area contributed by atoms with Gasteiger partial charge >= 0.3 is 12.1 Å². The number of nitrogens with zero attached hydrogens (tertiary/aromatic N) is 2. The first-order chi connectivity index (χ1) is 16.5. The van der Waals surface area contributed by atoms with Crippen LogP contribution in [-0.4, -0.2) is 34.9 Å². The monoisotopic (exact) mass is 573 g/mol. The van der Waals surface area contributed by atoms with E-state index >= 15 is 0 Å². The largest absolute Gasteiger partial charge is 0.481 e. The van der Waals surface area contributed by atoms with Crippen LogP contribution < -0.4 is 15.6 Å². The minimum atomic E-state index is -4.64. The number of anilines is 1. The Hall–Kier alpha value is -3.38. The Balaban J connectivity index is 1.86. The fourth-order valence-electron chi connectivity index (χ4n) is 2.81. The molecule has 0 spiro atoms. The Morgan fingerprint density at radius 1 is 1.17 bits per heavy atom. The van der Waals surface area contributed by atoms with Crippen LogP contribution in [0.25, 0.3) is 5.69 Å². The van der Waals surface area contributed by atoms with Gasteiger partial charge < -0.3 is 14.8 Å². The summed E-state index contributed by atoms with van der Waals surface area (Å²) in [7, 11) is 0. The number of halogens is 5. The molecule has 13 heteroatoms. The third-order valence-electron chi connectivity index (χ3n) is 4.34. The first-order valence-corrected chi connectivity index (χ1v) is 11.0. The Morgan fingerprint density at radius 3 is 2.57 bits per heavy atom. The topological polar surface area (TPSA) is 99.5 Å².